The first kappa shape index (κ1) is 23.7. The van der Waals surface area contributed by atoms with Crippen molar-refractivity contribution < 1.29 is 23.9 Å². The van der Waals surface area contributed by atoms with E-state index in [2.05, 4.69) is 5.32 Å². The van der Waals surface area contributed by atoms with Gasteiger partial charge in [-0.2, -0.15) is 0 Å². The molecule has 0 aliphatic rings. The van der Waals surface area contributed by atoms with Crippen molar-refractivity contribution in [2.45, 2.75) is 37.6 Å². The minimum Gasteiger partial charge on any atom is -0.445 e. The average molecular weight is 453 g/mol. The standard InChI is InChI=1S/C25H28NO5P/c1-2-12-23(21-15-8-4-9-16-21)25(32(28,29)30,22-17-10-5-11-18-22)26-24(27)31-19-20-13-6-3-7-14-20/h3-11,13-18,23H,2,12,19H2,1H3,(H,26,27)(H2,28,29,30). The molecule has 1 amide bonds. The molecule has 32 heavy (non-hydrogen) atoms. The van der Waals surface area contributed by atoms with E-state index in [0.717, 1.165) is 11.1 Å². The molecule has 3 N–H and O–H groups in total. The van der Waals surface area contributed by atoms with Crippen molar-refractivity contribution in [2.75, 3.05) is 0 Å². The molecule has 0 heterocycles. The van der Waals surface area contributed by atoms with Gasteiger partial charge in [0.15, 0.2) is 5.28 Å². The van der Waals surface area contributed by atoms with E-state index < -0.39 is 24.9 Å². The molecule has 0 radical (unpaired) electrons. The molecule has 0 saturated heterocycles. The quantitative estimate of drug-likeness (QED) is 0.371. The summed E-state index contributed by atoms with van der Waals surface area (Å²) in [6.45, 7) is 1.93. The van der Waals surface area contributed by atoms with Crippen LogP contribution in [0.3, 0.4) is 0 Å². The van der Waals surface area contributed by atoms with E-state index in [1.807, 2.05) is 67.6 Å². The van der Waals surface area contributed by atoms with Gasteiger partial charge in [0.05, 0.1) is 0 Å². The van der Waals surface area contributed by atoms with Crippen LogP contribution in [0.15, 0.2) is 91.0 Å². The van der Waals surface area contributed by atoms with Gasteiger partial charge >= 0.3 is 13.7 Å². The SMILES string of the molecule is CCCC(c1ccccc1)C(NC(=O)OCc1ccccc1)(c1ccccc1)P(=O)(O)O. The van der Waals surface area contributed by atoms with Crippen molar-refractivity contribution in [3.63, 3.8) is 0 Å². The number of hydrogen-bond donors (Lipinski definition) is 3. The highest BCUT2D eigenvalue weighted by Gasteiger charge is 2.55. The molecule has 168 valence electrons. The fourth-order valence-electron chi connectivity index (χ4n) is 4.00. The molecule has 0 saturated carbocycles. The molecule has 0 aliphatic heterocycles. The van der Waals surface area contributed by atoms with E-state index in [0.29, 0.717) is 18.4 Å². The van der Waals surface area contributed by atoms with E-state index in [1.54, 1.807) is 30.3 Å². The maximum atomic E-state index is 13.2. The highest BCUT2D eigenvalue weighted by molar-refractivity contribution is 7.53. The van der Waals surface area contributed by atoms with Crippen LogP contribution >= 0.6 is 7.60 Å². The van der Waals surface area contributed by atoms with Gasteiger partial charge in [-0.05, 0) is 23.1 Å². The highest BCUT2D eigenvalue weighted by atomic mass is 31.2. The number of amides is 1. The maximum absolute atomic E-state index is 13.2. The second-order valence-corrected chi connectivity index (χ2v) is 9.41. The zero-order valence-corrected chi connectivity index (χ0v) is 18.8. The van der Waals surface area contributed by atoms with Crippen LogP contribution in [0.2, 0.25) is 0 Å². The fourth-order valence-corrected chi connectivity index (χ4v) is 5.41. The molecule has 0 aromatic heterocycles. The van der Waals surface area contributed by atoms with Crippen molar-refractivity contribution >= 4 is 13.7 Å². The molecular formula is C25H28NO5P. The van der Waals surface area contributed by atoms with Crippen LogP contribution in [-0.2, 0) is 21.2 Å². The van der Waals surface area contributed by atoms with Gasteiger partial charge in [0.25, 0.3) is 0 Å². The summed E-state index contributed by atoms with van der Waals surface area (Å²) in [5, 5.41) is 0.629. The first-order valence-electron chi connectivity index (χ1n) is 10.5. The minimum atomic E-state index is -4.94. The fraction of sp³-hybridized carbons (Fsp3) is 0.240. The molecule has 0 bridgehead atoms. The third-order valence-corrected chi connectivity index (χ3v) is 7.06. The Bertz CT molecular complexity index is 1040. The zero-order chi connectivity index (χ0) is 23.0. The highest BCUT2D eigenvalue weighted by Crippen LogP contribution is 2.62. The molecule has 6 nitrogen and oxygen atoms in total. The van der Waals surface area contributed by atoms with Gasteiger partial charge in [-0.3, -0.25) is 4.57 Å². The topological polar surface area (TPSA) is 95.9 Å². The Labute approximate surface area is 188 Å². The Kier molecular flexibility index (Phi) is 7.86. The summed E-state index contributed by atoms with van der Waals surface area (Å²) in [4.78, 5) is 34.3. The molecule has 0 fully saturated rings. The summed E-state index contributed by atoms with van der Waals surface area (Å²) < 4.78 is 18.5. The molecule has 3 aromatic carbocycles. The Morgan fingerprint density at radius 2 is 1.47 bits per heavy atom. The lowest BCUT2D eigenvalue weighted by Gasteiger charge is -2.42. The molecule has 3 aromatic rings. The molecule has 2 atom stereocenters. The van der Waals surface area contributed by atoms with E-state index >= 15 is 0 Å². The predicted molar refractivity (Wildman–Crippen MR) is 124 cm³/mol. The zero-order valence-electron chi connectivity index (χ0n) is 17.9. The number of rotatable bonds is 9. The lowest BCUT2D eigenvalue weighted by atomic mass is 9.83. The third-order valence-electron chi connectivity index (χ3n) is 5.46. The average Bonchev–Trinajstić information content (AvgIpc) is 2.81. The smallest absolute Gasteiger partial charge is 0.408 e. The second kappa shape index (κ2) is 10.6. The summed E-state index contributed by atoms with van der Waals surface area (Å²) >= 11 is 0. The second-order valence-electron chi connectivity index (χ2n) is 7.62. The van der Waals surface area contributed by atoms with Crippen molar-refractivity contribution in [1.82, 2.24) is 5.32 Å². The van der Waals surface area contributed by atoms with E-state index in [4.69, 9.17) is 4.74 Å². The van der Waals surface area contributed by atoms with E-state index in [1.165, 1.54) is 0 Å². The number of benzene rings is 3. The Morgan fingerprint density at radius 3 is 2.00 bits per heavy atom. The van der Waals surface area contributed by atoms with Gasteiger partial charge in [-0.25, -0.2) is 4.79 Å². The number of carbonyl (C=O) groups excluding carboxylic acids is 1. The van der Waals surface area contributed by atoms with Crippen molar-refractivity contribution in [3.05, 3.63) is 108 Å². The van der Waals surface area contributed by atoms with Crippen LogP contribution in [-0.4, -0.2) is 15.9 Å². The summed E-state index contributed by atoms with van der Waals surface area (Å²) in [5.74, 6) is -0.679. The van der Waals surface area contributed by atoms with Crippen LogP contribution < -0.4 is 5.32 Å². The van der Waals surface area contributed by atoms with Gasteiger partial charge in [0.1, 0.15) is 6.61 Å². The van der Waals surface area contributed by atoms with Crippen LogP contribution in [0.25, 0.3) is 0 Å². The van der Waals surface area contributed by atoms with Gasteiger partial charge in [0.2, 0.25) is 0 Å². The first-order valence-corrected chi connectivity index (χ1v) is 12.1. The minimum absolute atomic E-state index is 0.0114. The lowest BCUT2D eigenvalue weighted by molar-refractivity contribution is 0.125. The largest absolute Gasteiger partial charge is 0.445 e. The lowest BCUT2D eigenvalue weighted by Crippen LogP contribution is -2.50. The number of hydrogen-bond acceptors (Lipinski definition) is 3. The summed E-state index contributed by atoms with van der Waals surface area (Å²) in [7, 11) is -4.94. The number of alkyl carbamates (subject to hydrolysis) is 1. The number of carbonyl (C=O) groups is 1. The Balaban J connectivity index is 2.07. The summed E-state index contributed by atoms with van der Waals surface area (Å²) in [6, 6.07) is 26.7. The van der Waals surface area contributed by atoms with Crippen LogP contribution in [0.5, 0.6) is 0 Å². The van der Waals surface area contributed by atoms with Gasteiger partial charge in [0, 0.05) is 5.92 Å². The first-order chi connectivity index (χ1) is 15.4. The third kappa shape index (κ3) is 5.28. The Hall–Kier alpha value is -2.92. The van der Waals surface area contributed by atoms with Crippen molar-refractivity contribution in [2.24, 2.45) is 0 Å². The van der Waals surface area contributed by atoms with Gasteiger partial charge in [-0.1, -0.05) is 104 Å². The van der Waals surface area contributed by atoms with E-state index in [-0.39, 0.29) is 6.61 Å². The normalized spacial score (nSPS) is 14.2. The van der Waals surface area contributed by atoms with Crippen molar-refractivity contribution in [1.29, 1.82) is 0 Å². The molecule has 0 aliphatic carbocycles. The molecule has 7 heteroatoms. The number of ether oxygens (including phenoxy) is 1. The summed E-state index contributed by atoms with van der Waals surface area (Å²) in [5.41, 5.74) is 1.83. The van der Waals surface area contributed by atoms with Gasteiger partial charge < -0.3 is 19.8 Å². The Morgan fingerprint density at radius 1 is 0.938 bits per heavy atom. The van der Waals surface area contributed by atoms with Crippen LogP contribution in [0, 0.1) is 0 Å². The van der Waals surface area contributed by atoms with Gasteiger partial charge in [-0.15, -0.1) is 0 Å². The maximum Gasteiger partial charge on any atom is 0.408 e. The predicted octanol–water partition coefficient (Wildman–Crippen LogP) is 5.53. The molecule has 2 unspecified atom stereocenters. The monoisotopic (exact) mass is 453 g/mol. The van der Waals surface area contributed by atoms with E-state index in [9.17, 15) is 19.1 Å². The van der Waals surface area contributed by atoms with Crippen molar-refractivity contribution in [3.8, 4) is 0 Å². The molecule has 3 rings (SSSR count). The number of nitrogens with one attached hydrogen (secondary N) is 1. The molecule has 0 spiro atoms. The van der Waals surface area contributed by atoms with Crippen LogP contribution in [0.1, 0.15) is 42.4 Å². The van der Waals surface area contributed by atoms with Crippen LogP contribution in [0.4, 0.5) is 4.79 Å². The molecular weight excluding hydrogens is 425 g/mol. The summed E-state index contributed by atoms with van der Waals surface area (Å²) in [6.07, 6.45) is 0.218.